The number of hydrogen-bond acceptors (Lipinski definition) is 3. The van der Waals surface area contributed by atoms with Gasteiger partial charge in [-0.05, 0) is 48.0 Å². The molecule has 0 radical (unpaired) electrons. The first kappa shape index (κ1) is 13.2. The molecule has 2 N–H and O–H groups in total. The Kier molecular flexibility index (Phi) is 4.21. The third-order valence-corrected chi connectivity index (χ3v) is 2.63. The average Bonchev–Trinajstić information content (AvgIpc) is 2.41. The number of esters is 1. The summed E-state index contributed by atoms with van der Waals surface area (Å²) in [6.07, 6.45) is 3.02. The van der Waals surface area contributed by atoms with E-state index in [-0.39, 0.29) is 0 Å². The number of anilines is 1. The van der Waals surface area contributed by atoms with Crippen LogP contribution in [-0.2, 0) is 4.79 Å². The number of nitrogens with two attached hydrogens (primary N) is 1. The lowest BCUT2D eigenvalue weighted by Gasteiger charge is -2.01. The molecule has 0 spiro atoms. The number of carbonyl (C=O) groups excluding carboxylic acids is 1. The monoisotopic (exact) mass is 273 g/mol. The molecule has 0 heterocycles. The first-order valence-corrected chi connectivity index (χ1v) is 6.02. The van der Waals surface area contributed by atoms with Crippen LogP contribution in [0.1, 0.15) is 5.56 Å². The van der Waals surface area contributed by atoms with Crippen molar-refractivity contribution in [3.05, 3.63) is 65.2 Å². The number of nitrogen functional groups attached to an aromatic ring is 1. The smallest absolute Gasteiger partial charge is 0.336 e. The number of halogens is 1. The number of benzene rings is 2. The highest BCUT2D eigenvalue weighted by Crippen LogP contribution is 2.14. The quantitative estimate of drug-likeness (QED) is 0.403. The van der Waals surface area contributed by atoms with Crippen LogP contribution in [0.25, 0.3) is 6.08 Å². The lowest BCUT2D eigenvalue weighted by atomic mass is 10.2. The molecule has 0 atom stereocenters. The van der Waals surface area contributed by atoms with Gasteiger partial charge in [0.05, 0.1) is 0 Å². The van der Waals surface area contributed by atoms with E-state index in [9.17, 15) is 4.79 Å². The molecule has 2 aromatic carbocycles. The molecule has 0 bridgehead atoms. The Balaban J connectivity index is 1.97. The molecule has 0 saturated heterocycles. The fraction of sp³-hybridized carbons (Fsp3) is 0. The lowest BCUT2D eigenvalue weighted by molar-refractivity contribution is -0.128. The molecule has 0 saturated carbocycles. The fourth-order valence-electron chi connectivity index (χ4n) is 1.42. The number of rotatable bonds is 3. The Morgan fingerprint density at radius 1 is 1.05 bits per heavy atom. The third kappa shape index (κ3) is 4.16. The number of hydrogen-bond donors (Lipinski definition) is 1. The number of ether oxygens (including phenoxy) is 1. The fourth-order valence-corrected chi connectivity index (χ4v) is 1.55. The minimum Gasteiger partial charge on any atom is -0.423 e. The highest BCUT2D eigenvalue weighted by Gasteiger charge is 1.99. The summed E-state index contributed by atoms with van der Waals surface area (Å²) in [5.74, 6) is 0.0136. The van der Waals surface area contributed by atoms with Gasteiger partial charge in [-0.25, -0.2) is 4.79 Å². The second-order valence-corrected chi connectivity index (χ2v) is 4.31. The van der Waals surface area contributed by atoms with Crippen LogP contribution in [0.5, 0.6) is 5.75 Å². The average molecular weight is 274 g/mol. The molecule has 2 aromatic rings. The van der Waals surface area contributed by atoms with E-state index < -0.39 is 5.97 Å². The maximum absolute atomic E-state index is 11.6. The zero-order valence-electron chi connectivity index (χ0n) is 10.0. The van der Waals surface area contributed by atoms with E-state index in [4.69, 9.17) is 22.1 Å². The maximum Gasteiger partial charge on any atom is 0.336 e. The van der Waals surface area contributed by atoms with Crippen molar-refractivity contribution in [3.8, 4) is 5.75 Å². The molecule has 0 aliphatic heterocycles. The molecule has 0 aliphatic rings. The van der Waals surface area contributed by atoms with Gasteiger partial charge in [0.25, 0.3) is 0 Å². The topological polar surface area (TPSA) is 52.3 Å². The largest absolute Gasteiger partial charge is 0.423 e. The van der Waals surface area contributed by atoms with Crippen LogP contribution in [0.3, 0.4) is 0 Å². The van der Waals surface area contributed by atoms with Gasteiger partial charge in [0, 0.05) is 16.8 Å². The molecule has 4 heteroatoms. The summed E-state index contributed by atoms with van der Waals surface area (Å²) >= 11 is 5.77. The Labute approximate surface area is 116 Å². The SMILES string of the molecule is Nc1ccc(OC(=O)/C=C/c2ccc(Cl)cc2)cc1. The van der Waals surface area contributed by atoms with E-state index in [1.54, 1.807) is 42.5 Å². The van der Waals surface area contributed by atoms with Crippen molar-refractivity contribution in [2.75, 3.05) is 5.73 Å². The normalized spacial score (nSPS) is 10.6. The van der Waals surface area contributed by atoms with Crippen LogP contribution in [0.2, 0.25) is 5.02 Å². The number of carbonyl (C=O) groups is 1. The van der Waals surface area contributed by atoms with Crippen molar-refractivity contribution in [1.29, 1.82) is 0 Å². The Bertz CT molecular complexity index is 589. The molecule has 3 nitrogen and oxygen atoms in total. The van der Waals surface area contributed by atoms with E-state index in [0.29, 0.717) is 16.5 Å². The van der Waals surface area contributed by atoms with Gasteiger partial charge in [0.15, 0.2) is 0 Å². The van der Waals surface area contributed by atoms with E-state index in [1.165, 1.54) is 6.08 Å². The summed E-state index contributed by atoms with van der Waals surface area (Å²) in [5, 5.41) is 0.654. The zero-order valence-corrected chi connectivity index (χ0v) is 10.8. The van der Waals surface area contributed by atoms with Crippen molar-refractivity contribution in [3.63, 3.8) is 0 Å². The molecule has 0 aromatic heterocycles. The lowest BCUT2D eigenvalue weighted by Crippen LogP contribution is -2.03. The van der Waals surface area contributed by atoms with Gasteiger partial charge in [-0.3, -0.25) is 0 Å². The summed E-state index contributed by atoms with van der Waals surface area (Å²) in [5.41, 5.74) is 7.03. The van der Waals surface area contributed by atoms with Gasteiger partial charge >= 0.3 is 5.97 Å². The molecule has 19 heavy (non-hydrogen) atoms. The summed E-state index contributed by atoms with van der Waals surface area (Å²) in [6, 6.07) is 13.8. The first-order valence-electron chi connectivity index (χ1n) is 5.64. The molecule has 0 aliphatic carbocycles. The molecular formula is C15H12ClNO2. The van der Waals surface area contributed by atoms with E-state index >= 15 is 0 Å². The molecular weight excluding hydrogens is 262 g/mol. The van der Waals surface area contributed by atoms with Gasteiger partial charge < -0.3 is 10.5 Å². The van der Waals surface area contributed by atoms with Crippen LogP contribution in [0.15, 0.2) is 54.6 Å². The minimum atomic E-state index is -0.445. The second kappa shape index (κ2) is 6.07. The summed E-state index contributed by atoms with van der Waals surface area (Å²) in [6.45, 7) is 0. The van der Waals surface area contributed by atoms with Gasteiger partial charge in [-0.1, -0.05) is 23.7 Å². The van der Waals surface area contributed by atoms with Crippen LogP contribution >= 0.6 is 11.6 Å². The van der Waals surface area contributed by atoms with Crippen molar-refractivity contribution in [2.45, 2.75) is 0 Å². The summed E-state index contributed by atoms with van der Waals surface area (Å²) < 4.78 is 5.11. The minimum absolute atomic E-state index is 0.445. The first-order chi connectivity index (χ1) is 9.13. The van der Waals surface area contributed by atoms with E-state index in [1.807, 2.05) is 12.1 Å². The Hall–Kier alpha value is -2.26. The molecule has 0 amide bonds. The summed E-state index contributed by atoms with van der Waals surface area (Å²) in [7, 11) is 0. The van der Waals surface area contributed by atoms with Gasteiger partial charge in [-0.15, -0.1) is 0 Å². The molecule has 0 unspecified atom stereocenters. The standard InChI is InChI=1S/C15H12ClNO2/c16-12-4-1-11(2-5-12)3-10-15(18)19-14-8-6-13(17)7-9-14/h1-10H,17H2/b10-3+. The summed E-state index contributed by atoms with van der Waals surface area (Å²) in [4.78, 5) is 11.6. The van der Waals surface area contributed by atoms with Crippen LogP contribution < -0.4 is 10.5 Å². The van der Waals surface area contributed by atoms with Crippen molar-refractivity contribution >= 4 is 29.3 Å². The highest BCUT2D eigenvalue weighted by molar-refractivity contribution is 6.30. The van der Waals surface area contributed by atoms with Crippen LogP contribution in [-0.4, -0.2) is 5.97 Å². The molecule has 0 fully saturated rings. The molecule has 96 valence electrons. The van der Waals surface area contributed by atoms with Crippen molar-refractivity contribution in [2.24, 2.45) is 0 Å². The Morgan fingerprint density at radius 2 is 1.68 bits per heavy atom. The van der Waals surface area contributed by atoms with Gasteiger partial charge in [0.1, 0.15) is 5.75 Å². The zero-order chi connectivity index (χ0) is 13.7. The highest BCUT2D eigenvalue weighted by atomic mass is 35.5. The van der Waals surface area contributed by atoms with Crippen LogP contribution in [0, 0.1) is 0 Å². The second-order valence-electron chi connectivity index (χ2n) is 3.88. The van der Waals surface area contributed by atoms with E-state index in [2.05, 4.69) is 0 Å². The molecule has 2 rings (SSSR count). The maximum atomic E-state index is 11.6. The van der Waals surface area contributed by atoms with E-state index in [0.717, 1.165) is 5.56 Å². The van der Waals surface area contributed by atoms with Gasteiger partial charge in [-0.2, -0.15) is 0 Å². The van der Waals surface area contributed by atoms with Gasteiger partial charge in [0.2, 0.25) is 0 Å². The van der Waals surface area contributed by atoms with Crippen LogP contribution in [0.4, 0.5) is 5.69 Å². The predicted molar refractivity (Wildman–Crippen MR) is 77.0 cm³/mol. The predicted octanol–water partition coefficient (Wildman–Crippen LogP) is 3.54. The van der Waals surface area contributed by atoms with Crippen molar-refractivity contribution in [1.82, 2.24) is 0 Å². The Morgan fingerprint density at radius 3 is 2.32 bits per heavy atom. The third-order valence-electron chi connectivity index (χ3n) is 2.38. The van der Waals surface area contributed by atoms with Crippen molar-refractivity contribution < 1.29 is 9.53 Å².